The highest BCUT2D eigenvalue weighted by atomic mass is 32.2. The minimum absolute atomic E-state index is 0.194. The maximum absolute atomic E-state index is 12.8. The monoisotopic (exact) mass is 467 g/mol. The molecule has 0 aliphatic heterocycles. The Morgan fingerprint density at radius 2 is 1.64 bits per heavy atom. The van der Waals surface area contributed by atoms with E-state index in [2.05, 4.69) is 10.5 Å². The molecule has 0 saturated heterocycles. The number of nitrogens with one attached hydrogen (secondary N) is 1. The lowest BCUT2D eigenvalue weighted by molar-refractivity contribution is 0.0955. The number of aryl methyl sites for hydroxylation is 1. The van der Waals surface area contributed by atoms with E-state index >= 15 is 0 Å². The van der Waals surface area contributed by atoms with Gasteiger partial charge in [0.1, 0.15) is 11.5 Å². The molecule has 0 aliphatic carbocycles. The quantitative estimate of drug-likeness (QED) is 0.403. The van der Waals surface area contributed by atoms with Gasteiger partial charge in [-0.25, -0.2) is 13.8 Å². The molecule has 0 atom stereocenters. The summed E-state index contributed by atoms with van der Waals surface area (Å²) in [6.07, 6.45) is 1.45. The highest BCUT2D eigenvalue weighted by molar-refractivity contribution is 7.92. The average molecular weight is 468 g/mol. The molecule has 0 bridgehead atoms. The number of nitrogens with zero attached hydrogens (tertiary/aromatic N) is 2. The fraction of sp³-hybridized carbons (Fsp3) is 0.167. The predicted molar refractivity (Wildman–Crippen MR) is 128 cm³/mol. The highest BCUT2D eigenvalue weighted by Gasteiger charge is 2.21. The number of rotatable bonds is 8. The van der Waals surface area contributed by atoms with Crippen molar-refractivity contribution in [1.82, 2.24) is 5.43 Å². The van der Waals surface area contributed by atoms with Crippen molar-refractivity contribution in [3.8, 4) is 11.5 Å². The van der Waals surface area contributed by atoms with Crippen LogP contribution in [0, 0.1) is 6.92 Å². The zero-order valence-electron chi connectivity index (χ0n) is 18.8. The van der Waals surface area contributed by atoms with E-state index < -0.39 is 15.9 Å². The number of benzene rings is 3. The number of methoxy groups -OCH3 is 2. The van der Waals surface area contributed by atoms with Crippen molar-refractivity contribution in [2.75, 3.05) is 25.6 Å². The SMILES string of the molecule is COc1ccc(OC)c(/C=N\NC(=O)c2ccc(N(C)S(=O)(=O)c3ccc(C)cc3)cc2)c1. The van der Waals surface area contributed by atoms with Gasteiger partial charge in [-0.3, -0.25) is 9.10 Å². The second kappa shape index (κ2) is 10.2. The number of amides is 1. The summed E-state index contributed by atoms with van der Waals surface area (Å²) >= 11 is 0. The third kappa shape index (κ3) is 5.50. The molecule has 0 fully saturated rings. The Morgan fingerprint density at radius 3 is 2.24 bits per heavy atom. The average Bonchev–Trinajstić information content (AvgIpc) is 2.83. The number of hydrogen-bond donors (Lipinski definition) is 1. The van der Waals surface area contributed by atoms with E-state index in [1.807, 2.05) is 6.92 Å². The maximum Gasteiger partial charge on any atom is 0.271 e. The van der Waals surface area contributed by atoms with Gasteiger partial charge in [0.05, 0.1) is 31.0 Å². The smallest absolute Gasteiger partial charge is 0.271 e. The molecule has 0 unspecified atom stereocenters. The van der Waals surface area contributed by atoms with Crippen LogP contribution in [-0.4, -0.2) is 41.8 Å². The maximum atomic E-state index is 12.8. The molecule has 3 rings (SSSR count). The Morgan fingerprint density at radius 1 is 0.970 bits per heavy atom. The Labute approximate surface area is 193 Å². The Bertz CT molecular complexity index is 1250. The summed E-state index contributed by atoms with van der Waals surface area (Å²) in [7, 11) is 0.847. The topological polar surface area (TPSA) is 97.3 Å². The second-order valence-electron chi connectivity index (χ2n) is 7.14. The molecule has 172 valence electrons. The number of hydrazone groups is 1. The van der Waals surface area contributed by atoms with Crippen LogP contribution in [0.4, 0.5) is 5.69 Å². The standard InChI is InChI=1S/C24H25N3O5S/c1-17-5-12-22(13-6-17)33(29,30)27(2)20-9-7-18(8-10-20)24(28)26-25-16-19-15-21(31-3)11-14-23(19)32-4/h5-16H,1-4H3,(H,26,28)/b25-16-. The first kappa shape index (κ1) is 23.8. The second-order valence-corrected chi connectivity index (χ2v) is 9.11. The summed E-state index contributed by atoms with van der Waals surface area (Å²) in [4.78, 5) is 12.6. The van der Waals surface area contributed by atoms with Gasteiger partial charge in [-0.05, 0) is 61.5 Å². The summed E-state index contributed by atoms with van der Waals surface area (Å²) in [5, 5.41) is 3.98. The van der Waals surface area contributed by atoms with E-state index in [1.54, 1.807) is 61.7 Å². The lowest BCUT2D eigenvalue weighted by Gasteiger charge is -2.19. The highest BCUT2D eigenvalue weighted by Crippen LogP contribution is 2.23. The lowest BCUT2D eigenvalue weighted by atomic mass is 10.2. The van der Waals surface area contributed by atoms with Crippen LogP contribution in [-0.2, 0) is 10.0 Å². The van der Waals surface area contributed by atoms with E-state index in [4.69, 9.17) is 9.47 Å². The zero-order chi connectivity index (χ0) is 24.0. The molecule has 0 heterocycles. The van der Waals surface area contributed by atoms with Crippen LogP contribution in [0.1, 0.15) is 21.5 Å². The number of hydrogen-bond acceptors (Lipinski definition) is 6. The van der Waals surface area contributed by atoms with Gasteiger partial charge in [-0.15, -0.1) is 0 Å². The first-order valence-electron chi connectivity index (χ1n) is 9.97. The summed E-state index contributed by atoms with van der Waals surface area (Å²) in [5.41, 5.74) is 4.81. The molecule has 3 aromatic rings. The molecular weight excluding hydrogens is 442 g/mol. The van der Waals surface area contributed by atoms with Crippen molar-refractivity contribution in [2.24, 2.45) is 5.10 Å². The molecule has 9 heteroatoms. The van der Waals surface area contributed by atoms with Crippen molar-refractivity contribution < 1.29 is 22.7 Å². The van der Waals surface area contributed by atoms with Crippen LogP contribution in [0.5, 0.6) is 11.5 Å². The van der Waals surface area contributed by atoms with E-state index in [-0.39, 0.29) is 4.90 Å². The molecule has 0 aromatic heterocycles. The lowest BCUT2D eigenvalue weighted by Crippen LogP contribution is -2.26. The molecule has 0 saturated carbocycles. The number of carbonyl (C=O) groups excluding carboxylic acids is 1. The Kier molecular flexibility index (Phi) is 7.34. The Hall–Kier alpha value is -3.85. The van der Waals surface area contributed by atoms with Crippen LogP contribution in [0.3, 0.4) is 0 Å². The molecule has 0 radical (unpaired) electrons. The summed E-state index contributed by atoms with van der Waals surface area (Å²) in [6, 6.07) is 18.1. The van der Waals surface area contributed by atoms with Crippen LogP contribution < -0.4 is 19.2 Å². The normalized spacial score (nSPS) is 11.3. The first-order chi connectivity index (χ1) is 15.8. The number of carbonyl (C=O) groups is 1. The number of anilines is 1. The van der Waals surface area contributed by atoms with Gasteiger partial charge in [0.2, 0.25) is 0 Å². The van der Waals surface area contributed by atoms with Crippen LogP contribution in [0.2, 0.25) is 0 Å². The van der Waals surface area contributed by atoms with E-state index in [1.165, 1.54) is 36.8 Å². The van der Waals surface area contributed by atoms with Gasteiger partial charge < -0.3 is 9.47 Å². The molecule has 0 spiro atoms. The van der Waals surface area contributed by atoms with Gasteiger partial charge in [-0.2, -0.15) is 5.10 Å². The fourth-order valence-corrected chi connectivity index (χ4v) is 4.19. The van der Waals surface area contributed by atoms with Crippen LogP contribution in [0.15, 0.2) is 76.7 Å². The van der Waals surface area contributed by atoms with Crippen molar-refractivity contribution in [3.63, 3.8) is 0 Å². The summed E-state index contributed by atoms with van der Waals surface area (Å²) < 4.78 is 37.3. The van der Waals surface area contributed by atoms with Crippen LogP contribution >= 0.6 is 0 Å². The van der Waals surface area contributed by atoms with E-state index in [0.29, 0.717) is 28.3 Å². The molecule has 8 nitrogen and oxygen atoms in total. The first-order valence-corrected chi connectivity index (χ1v) is 11.4. The third-order valence-electron chi connectivity index (χ3n) is 4.98. The van der Waals surface area contributed by atoms with Crippen LogP contribution in [0.25, 0.3) is 0 Å². The van der Waals surface area contributed by atoms with Crippen molar-refractivity contribution >= 4 is 27.8 Å². The molecular formula is C24H25N3O5S. The van der Waals surface area contributed by atoms with Crippen molar-refractivity contribution in [1.29, 1.82) is 0 Å². The van der Waals surface area contributed by atoms with E-state index in [9.17, 15) is 13.2 Å². The molecule has 3 aromatic carbocycles. The largest absolute Gasteiger partial charge is 0.497 e. The molecule has 33 heavy (non-hydrogen) atoms. The van der Waals surface area contributed by atoms with Crippen molar-refractivity contribution in [3.05, 3.63) is 83.4 Å². The third-order valence-corrected chi connectivity index (χ3v) is 6.78. The molecule has 0 aliphatic rings. The minimum atomic E-state index is -3.71. The minimum Gasteiger partial charge on any atom is -0.497 e. The van der Waals surface area contributed by atoms with Gasteiger partial charge in [0, 0.05) is 18.2 Å². The Balaban J connectivity index is 1.70. The van der Waals surface area contributed by atoms with Gasteiger partial charge in [0.25, 0.3) is 15.9 Å². The van der Waals surface area contributed by atoms with E-state index in [0.717, 1.165) is 5.56 Å². The summed E-state index contributed by atoms with van der Waals surface area (Å²) in [5.74, 6) is 0.767. The molecule has 1 N–H and O–H groups in total. The van der Waals surface area contributed by atoms with Gasteiger partial charge in [0.15, 0.2) is 0 Å². The van der Waals surface area contributed by atoms with Gasteiger partial charge in [-0.1, -0.05) is 17.7 Å². The zero-order valence-corrected chi connectivity index (χ0v) is 19.6. The summed E-state index contributed by atoms with van der Waals surface area (Å²) in [6.45, 7) is 1.89. The van der Waals surface area contributed by atoms with Gasteiger partial charge >= 0.3 is 0 Å². The number of sulfonamides is 1. The fourth-order valence-electron chi connectivity index (χ4n) is 3.00. The predicted octanol–water partition coefficient (Wildman–Crippen LogP) is 3.60. The molecule has 1 amide bonds. The number of ether oxygens (including phenoxy) is 2. The van der Waals surface area contributed by atoms with Crippen molar-refractivity contribution in [2.45, 2.75) is 11.8 Å².